The molecule has 2 aliphatic rings. The molecule has 0 saturated heterocycles. The van der Waals surface area contributed by atoms with E-state index < -0.39 is 22.7 Å². The van der Waals surface area contributed by atoms with Gasteiger partial charge < -0.3 is 4.74 Å². The van der Waals surface area contributed by atoms with Gasteiger partial charge in [-0.15, -0.1) is 0 Å². The Morgan fingerprint density at radius 2 is 1.90 bits per heavy atom. The fourth-order valence-electron chi connectivity index (χ4n) is 3.95. The third-order valence-electron chi connectivity index (χ3n) is 5.30. The Morgan fingerprint density at radius 3 is 2.29 bits per heavy atom. The van der Waals surface area contributed by atoms with E-state index in [-0.39, 0.29) is 0 Å². The first kappa shape index (κ1) is 16.5. The molecule has 4 unspecified atom stereocenters. The maximum atomic E-state index is 15.5. The van der Waals surface area contributed by atoms with Crippen LogP contribution in [0.25, 0.3) is 0 Å². The van der Waals surface area contributed by atoms with Crippen molar-refractivity contribution < 1.29 is 13.9 Å². The number of carbonyl (C=O) groups is 1. The summed E-state index contributed by atoms with van der Waals surface area (Å²) in [6, 6.07) is 0. The minimum atomic E-state index is -2.07. The van der Waals surface area contributed by atoms with E-state index in [4.69, 9.17) is 4.74 Å². The Morgan fingerprint density at radius 1 is 1.29 bits per heavy atom. The van der Waals surface area contributed by atoms with Crippen molar-refractivity contribution in [1.29, 1.82) is 0 Å². The average Bonchev–Trinajstić information content (AvgIpc) is 2.85. The fourth-order valence-corrected chi connectivity index (χ4v) is 3.95. The minimum absolute atomic E-state index is 0.405. The molecule has 4 atom stereocenters. The number of allylic oxidation sites excluding steroid dienone is 1. The highest BCUT2D eigenvalue weighted by molar-refractivity contribution is 5.83. The van der Waals surface area contributed by atoms with Gasteiger partial charge in [-0.1, -0.05) is 26.3 Å². The highest BCUT2D eigenvalue weighted by atomic mass is 19.1. The molecule has 0 amide bonds. The summed E-state index contributed by atoms with van der Waals surface area (Å²) in [5, 5.41) is 0. The van der Waals surface area contributed by atoms with Crippen LogP contribution in [0.3, 0.4) is 0 Å². The van der Waals surface area contributed by atoms with Gasteiger partial charge in [0.2, 0.25) is 5.67 Å². The lowest BCUT2D eigenvalue weighted by Crippen LogP contribution is -2.50. The van der Waals surface area contributed by atoms with Gasteiger partial charge in [0.25, 0.3) is 0 Å². The number of esters is 1. The van der Waals surface area contributed by atoms with Crippen LogP contribution in [0, 0.1) is 17.3 Å². The largest absolute Gasteiger partial charge is 0.456 e. The summed E-state index contributed by atoms with van der Waals surface area (Å²) in [5.74, 6) is 0.341. The number of carbonyl (C=O) groups excluding carboxylic acids is 1. The molecule has 0 heterocycles. The predicted octanol–water partition coefficient (Wildman–Crippen LogP) is 4.83. The molecule has 0 aliphatic heterocycles. The van der Waals surface area contributed by atoms with Crippen LogP contribution in [0.15, 0.2) is 11.6 Å². The molecule has 2 saturated carbocycles. The van der Waals surface area contributed by atoms with Crippen molar-refractivity contribution in [2.24, 2.45) is 17.3 Å². The average molecular weight is 296 g/mol. The maximum absolute atomic E-state index is 15.5. The van der Waals surface area contributed by atoms with E-state index in [0.29, 0.717) is 11.8 Å². The molecule has 21 heavy (non-hydrogen) atoms. The van der Waals surface area contributed by atoms with Gasteiger partial charge in [0.1, 0.15) is 5.60 Å². The minimum Gasteiger partial charge on any atom is -0.456 e. The molecule has 0 N–H and O–H groups in total. The van der Waals surface area contributed by atoms with Crippen LogP contribution in [0.4, 0.5) is 4.39 Å². The van der Waals surface area contributed by atoms with E-state index in [2.05, 4.69) is 0 Å². The third kappa shape index (κ3) is 2.89. The molecule has 2 nitrogen and oxygen atoms in total. The van der Waals surface area contributed by atoms with Crippen LogP contribution in [0.1, 0.15) is 67.2 Å². The molecule has 2 rings (SSSR count). The molecule has 0 aromatic heterocycles. The van der Waals surface area contributed by atoms with Gasteiger partial charge in [-0.25, -0.2) is 9.18 Å². The van der Waals surface area contributed by atoms with Crippen LogP contribution in [-0.2, 0) is 9.53 Å². The number of rotatable bonds is 3. The lowest BCUT2D eigenvalue weighted by molar-refractivity contribution is -0.181. The Kier molecular flexibility index (Phi) is 4.01. The van der Waals surface area contributed by atoms with Crippen molar-refractivity contribution in [3.63, 3.8) is 0 Å². The van der Waals surface area contributed by atoms with Gasteiger partial charge in [0.05, 0.1) is 0 Å². The lowest BCUT2D eigenvalue weighted by atomic mass is 9.76. The Hall–Kier alpha value is -0.860. The molecule has 2 aliphatic carbocycles. The number of ether oxygens (including phenoxy) is 1. The SMILES string of the molecule is CC(C)=CC(F)(C(=O)OC1(C)CC2CCC1C2)C(C)(C)C. The second-order valence-electron chi connectivity index (χ2n) is 8.47. The molecule has 0 radical (unpaired) electrons. The quantitative estimate of drug-likeness (QED) is 0.551. The van der Waals surface area contributed by atoms with Crippen molar-refractivity contribution >= 4 is 5.97 Å². The number of hydrogen-bond acceptors (Lipinski definition) is 2. The Balaban J connectivity index is 2.22. The van der Waals surface area contributed by atoms with Gasteiger partial charge >= 0.3 is 5.97 Å². The van der Waals surface area contributed by atoms with Crippen LogP contribution < -0.4 is 0 Å². The van der Waals surface area contributed by atoms with Crippen molar-refractivity contribution in [2.75, 3.05) is 0 Å². The molecule has 2 fully saturated rings. The van der Waals surface area contributed by atoms with Crippen molar-refractivity contribution in [3.05, 3.63) is 11.6 Å². The predicted molar refractivity (Wildman–Crippen MR) is 82.7 cm³/mol. The van der Waals surface area contributed by atoms with E-state index in [0.717, 1.165) is 24.8 Å². The normalized spacial score (nSPS) is 34.4. The molecule has 120 valence electrons. The smallest absolute Gasteiger partial charge is 0.349 e. The highest BCUT2D eigenvalue weighted by Crippen LogP contribution is 2.53. The third-order valence-corrected chi connectivity index (χ3v) is 5.30. The second-order valence-corrected chi connectivity index (χ2v) is 8.47. The van der Waals surface area contributed by atoms with Crippen LogP contribution >= 0.6 is 0 Å². The summed E-state index contributed by atoms with van der Waals surface area (Å²) < 4.78 is 21.2. The number of alkyl halides is 1. The Labute approximate surface area is 128 Å². The summed E-state index contributed by atoms with van der Waals surface area (Å²) in [6.45, 7) is 10.9. The van der Waals surface area contributed by atoms with E-state index in [1.165, 1.54) is 12.5 Å². The summed E-state index contributed by atoms with van der Waals surface area (Å²) in [7, 11) is 0. The van der Waals surface area contributed by atoms with E-state index in [9.17, 15) is 4.79 Å². The molecular weight excluding hydrogens is 267 g/mol. The summed E-state index contributed by atoms with van der Waals surface area (Å²) in [5.41, 5.74) is -2.58. The summed E-state index contributed by atoms with van der Waals surface area (Å²) in [4.78, 5) is 12.6. The van der Waals surface area contributed by atoms with E-state index in [1.54, 1.807) is 20.8 Å². The van der Waals surface area contributed by atoms with Crippen molar-refractivity contribution in [2.45, 2.75) is 78.5 Å². The lowest BCUT2D eigenvalue weighted by Gasteiger charge is -2.39. The molecule has 2 bridgehead atoms. The van der Waals surface area contributed by atoms with Crippen molar-refractivity contribution in [3.8, 4) is 0 Å². The zero-order valence-electron chi connectivity index (χ0n) is 14.3. The zero-order chi connectivity index (χ0) is 16.1. The van der Waals surface area contributed by atoms with E-state index in [1.807, 2.05) is 20.8 Å². The van der Waals surface area contributed by atoms with E-state index >= 15 is 4.39 Å². The molecular formula is C18H29FO2. The van der Waals surface area contributed by atoms with Gasteiger partial charge in [-0.3, -0.25) is 0 Å². The van der Waals surface area contributed by atoms with Crippen LogP contribution in [0.2, 0.25) is 0 Å². The number of hydrogen-bond donors (Lipinski definition) is 0. The monoisotopic (exact) mass is 296 g/mol. The van der Waals surface area contributed by atoms with Gasteiger partial charge in [-0.2, -0.15) is 0 Å². The second kappa shape index (κ2) is 5.10. The van der Waals surface area contributed by atoms with Gasteiger partial charge in [-0.05, 0) is 64.4 Å². The summed E-state index contributed by atoms with van der Waals surface area (Å²) >= 11 is 0. The topological polar surface area (TPSA) is 26.3 Å². The first-order valence-electron chi connectivity index (χ1n) is 8.06. The van der Waals surface area contributed by atoms with Crippen LogP contribution in [-0.4, -0.2) is 17.2 Å². The fraction of sp³-hybridized carbons (Fsp3) is 0.833. The maximum Gasteiger partial charge on any atom is 0.349 e. The standard InChI is InChI=1S/C18H29FO2/c1-12(2)10-18(19,16(3,4)5)15(20)21-17(6)11-13-7-8-14(17)9-13/h10,13-14H,7-9,11H2,1-6H3. The van der Waals surface area contributed by atoms with Gasteiger partial charge in [0, 0.05) is 5.41 Å². The van der Waals surface area contributed by atoms with Crippen molar-refractivity contribution in [1.82, 2.24) is 0 Å². The molecule has 3 heteroatoms. The van der Waals surface area contributed by atoms with Gasteiger partial charge in [0.15, 0.2) is 0 Å². The molecule has 0 aromatic rings. The highest BCUT2D eigenvalue weighted by Gasteiger charge is 2.55. The first-order valence-corrected chi connectivity index (χ1v) is 8.06. The summed E-state index contributed by atoms with van der Waals surface area (Å²) in [6.07, 6.45) is 5.77. The number of halogens is 1. The Bertz CT molecular complexity index is 458. The molecule has 0 aromatic carbocycles. The van der Waals surface area contributed by atoms with Crippen LogP contribution in [0.5, 0.6) is 0 Å². The number of fused-ring (bicyclic) bond motifs is 2. The zero-order valence-corrected chi connectivity index (χ0v) is 14.3. The molecule has 0 spiro atoms. The first-order chi connectivity index (χ1) is 9.48.